The first-order valence-corrected chi connectivity index (χ1v) is 11.7. The van der Waals surface area contributed by atoms with Crippen LogP contribution < -0.4 is 10.2 Å². The summed E-state index contributed by atoms with van der Waals surface area (Å²) in [7, 11) is 0. The van der Waals surface area contributed by atoms with Crippen molar-refractivity contribution in [1.82, 2.24) is 0 Å². The molecule has 4 rings (SSSR count). The van der Waals surface area contributed by atoms with E-state index in [1.807, 2.05) is 71.6 Å². The lowest BCUT2D eigenvalue weighted by molar-refractivity contribution is -0.116. The van der Waals surface area contributed by atoms with Crippen molar-refractivity contribution in [3.05, 3.63) is 95.6 Å². The Balaban J connectivity index is 1.42. The number of anilines is 2. The molecule has 0 saturated carbocycles. The molecule has 2 amide bonds. The minimum absolute atomic E-state index is 0.0000272. The molecule has 3 aromatic carbocycles. The van der Waals surface area contributed by atoms with Crippen LogP contribution in [-0.4, -0.2) is 17.6 Å². The predicted octanol–water partition coefficient (Wildman–Crippen LogP) is 5.60. The van der Waals surface area contributed by atoms with Gasteiger partial charge in [-0.3, -0.25) is 14.5 Å². The third-order valence-corrected chi connectivity index (χ3v) is 6.64. The highest BCUT2D eigenvalue weighted by atomic mass is 32.2. The van der Waals surface area contributed by atoms with E-state index in [0.717, 1.165) is 35.3 Å². The monoisotopic (exact) mass is 430 g/mol. The van der Waals surface area contributed by atoms with Crippen molar-refractivity contribution in [1.29, 1.82) is 0 Å². The molecule has 1 N–H and O–H groups in total. The number of carbonyl (C=O) groups excluding carboxylic acids is 2. The molecule has 1 fully saturated rings. The summed E-state index contributed by atoms with van der Waals surface area (Å²) in [4.78, 5) is 26.8. The van der Waals surface area contributed by atoms with E-state index in [2.05, 4.69) is 24.4 Å². The molecule has 1 aliphatic heterocycles. The Bertz CT molecular complexity index is 1050. The van der Waals surface area contributed by atoms with Gasteiger partial charge in [-0.1, -0.05) is 61.5 Å². The molecule has 1 saturated heterocycles. The maximum Gasteiger partial charge on any atom is 0.238 e. The van der Waals surface area contributed by atoms with E-state index in [4.69, 9.17) is 0 Å². The minimum Gasteiger partial charge on any atom is -0.326 e. The second kappa shape index (κ2) is 9.84. The van der Waals surface area contributed by atoms with Crippen LogP contribution in [0.2, 0.25) is 0 Å². The zero-order valence-electron chi connectivity index (χ0n) is 17.6. The molecule has 5 heteroatoms. The maximum absolute atomic E-state index is 12.6. The van der Waals surface area contributed by atoms with Gasteiger partial charge in [0.25, 0.3) is 0 Å². The zero-order chi connectivity index (χ0) is 21.6. The second-order valence-electron chi connectivity index (χ2n) is 7.61. The molecule has 158 valence electrons. The average molecular weight is 431 g/mol. The first-order valence-electron chi connectivity index (χ1n) is 10.6. The van der Waals surface area contributed by atoms with Crippen LogP contribution in [0.4, 0.5) is 11.4 Å². The number of benzene rings is 3. The lowest BCUT2D eigenvalue weighted by Crippen LogP contribution is -2.27. The van der Waals surface area contributed by atoms with Crippen LogP contribution in [0.15, 0.2) is 78.9 Å². The highest BCUT2D eigenvalue weighted by molar-refractivity contribution is 8.00. The summed E-state index contributed by atoms with van der Waals surface area (Å²) < 4.78 is 0. The van der Waals surface area contributed by atoms with Crippen molar-refractivity contribution in [2.24, 2.45) is 0 Å². The van der Waals surface area contributed by atoms with E-state index in [-0.39, 0.29) is 17.2 Å². The van der Waals surface area contributed by atoms with Gasteiger partial charge in [-0.05, 0) is 53.8 Å². The maximum atomic E-state index is 12.6. The van der Waals surface area contributed by atoms with Gasteiger partial charge < -0.3 is 5.32 Å². The van der Waals surface area contributed by atoms with E-state index in [1.165, 1.54) is 5.56 Å². The number of amides is 2. The minimum atomic E-state index is -0.0533. The van der Waals surface area contributed by atoms with Crippen molar-refractivity contribution < 1.29 is 9.59 Å². The number of rotatable bonds is 7. The molecule has 0 bridgehead atoms. The quantitative estimate of drug-likeness (QED) is 0.531. The third kappa shape index (κ3) is 5.17. The first kappa shape index (κ1) is 21.2. The van der Waals surface area contributed by atoms with Crippen LogP contribution in [0.3, 0.4) is 0 Å². The Hall–Kier alpha value is -3.05. The fourth-order valence-corrected chi connectivity index (χ4v) is 4.91. The SMILES string of the molecule is CCc1cccc(N2C(=O)CS[C@H]2c2ccc(NC(=O)CCc3ccccc3)cc2)c1. The third-order valence-electron chi connectivity index (χ3n) is 5.43. The molecule has 1 aliphatic rings. The predicted molar refractivity (Wildman–Crippen MR) is 128 cm³/mol. The van der Waals surface area contributed by atoms with Crippen LogP contribution in [0, 0.1) is 0 Å². The fraction of sp³-hybridized carbons (Fsp3) is 0.231. The Labute approximate surface area is 187 Å². The fourth-order valence-electron chi connectivity index (χ4n) is 3.73. The molecule has 0 radical (unpaired) electrons. The molecule has 1 atom stereocenters. The number of nitrogens with zero attached hydrogens (tertiary/aromatic N) is 1. The molecule has 0 spiro atoms. The summed E-state index contributed by atoms with van der Waals surface area (Å²) in [6, 6.07) is 26.0. The van der Waals surface area contributed by atoms with Gasteiger partial charge in [-0.15, -0.1) is 11.8 Å². The van der Waals surface area contributed by atoms with E-state index in [1.54, 1.807) is 11.8 Å². The number of aryl methyl sites for hydroxylation is 2. The van der Waals surface area contributed by atoms with Crippen LogP contribution in [-0.2, 0) is 22.4 Å². The van der Waals surface area contributed by atoms with Gasteiger partial charge in [0.2, 0.25) is 11.8 Å². The highest BCUT2D eigenvalue weighted by Crippen LogP contribution is 2.42. The summed E-state index contributed by atoms with van der Waals surface area (Å²) in [6.07, 6.45) is 2.10. The number of carbonyl (C=O) groups is 2. The Morgan fingerprint density at radius 1 is 1.00 bits per heavy atom. The first-order chi connectivity index (χ1) is 15.1. The Morgan fingerprint density at radius 3 is 2.48 bits per heavy atom. The highest BCUT2D eigenvalue weighted by Gasteiger charge is 2.34. The van der Waals surface area contributed by atoms with Crippen LogP contribution in [0.25, 0.3) is 0 Å². The van der Waals surface area contributed by atoms with E-state index >= 15 is 0 Å². The van der Waals surface area contributed by atoms with Gasteiger partial charge in [0.15, 0.2) is 0 Å². The van der Waals surface area contributed by atoms with Gasteiger partial charge in [-0.2, -0.15) is 0 Å². The normalized spacial score (nSPS) is 15.8. The number of hydrogen-bond donors (Lipinski definition) is 1. The van der Waals surface area contributed by atoms with E-state index < -0.39 is 0 Å². The number of nitrogens with one attached hydrogen (secondary N) is 1. The van der Waals surface area contributed by atoms with Gasteiger partial charge in [0.1, 0.15) is 5.37 Å². The van der Waals surface area contributed by atoms with Gasteiger partial charge in [0, 0.05) is 17.8 Å². The van der Waals surface area contributed by atoms with Gasteiger partial charge >= 0.3 is 0 Å². The molecule has 0 aromatic heterocycles. The van der Waals surface area contributed by atoms with Crippen LogP contribution >= 0.6 is 11.8 Å². The number of hydrogen-bond acceptors (Lipinski definition) is 3. The molecule has 0 aliphatic carbocycles. The standard InChI is InChI=1S/C26H26N2O2S/c1-2-19-9-6-10-23(17-19)28-25(30)18-31-26(28)21-12-14-22(15-13-21)27-24(29)16-11-20-7-4-3-5-8-20/h3-10,12-15,17,26H,2,11,16,18H2,1H3,(H,27,29)/t26-/m0/s1. The van der Waals surface area contributed by atoms with Crippen molar-refractivity contribution in [3.63, 3.8) is 0 Å². The average Bonchev–Trinajstić information content (AvgIpc) is 3.20. The van der Waals surface area contributed by atoms with Crippen molar-refractivity contribution in [3.8, 4) is 0 Å². The van der Waals surface area contributed by atoms with Crippen LogP contribution in [0.1, 0.15) is 35.4 Å². The molecule has 0 unspecified atom stereocenters. The smallest absolute Gasteiger partial charge is 0.238 e. The summed E-state index contributed by atoms with van der Waals surface area (Å²) >= 11 is 1.63. The summed E-state index contributed by atoms with van der Waals surface area (Å²) in [5.41, 5.74) is 5.14. The van der Waals surface area contributed by atoms with Crippen LogP contribution in [0.5, 0.6) is 0 Å². The lowest BCUT2D eigenvalue weighted by atomic mass is 10.1. The lowest BCUT2D eigenvalue weighted by Gasteiger charge is -2.25. The number of thioether (sulfide) groups is 1. The zero-order valence-corrected chi connectivity index (χ0v) is 18.4. The Morgan fingerprint density at radius 2 is 1.74 bits per heavy atom. The van der Waals surface area contributed by atoms with E-state index in [0.29, 0.717) is 12.2 Å². The van der Waals surface area contributed by atoms with Crippen molar-refractivity contribution in [2.75, 3.05) is 16.0 Å². The second-order valence-corrected chi connectivity index (χ2v) is 8.67. The summed E-state index contributed by atoms with van der Waals surface area (Å²) in [5, 5.41) is 2.92. The molecule has 3 aromatic rings. The van der Waals surface area contributed by atoms with Gasteiger partial charge in [-0.25, -0.2) is 0 Å². The van der Waals surface area contributed by atoms with Crippen molar-refractivity contribution >= 4 is 35.0 Å². The summed E-state index contributed by atoms with van der Waals surface area (Å²) in [5.74, 6) is 0.598. The Kier molecular flexibility index (Phi) is 6.73. The van der Waals surface area contributed by atoms with Crippen molar-refractivity contribution in [2.45, 2.75) is 31.6 Å². The molecular weight excluding hydrogens is 404 g/mol. The molecule has 4 nitrogen and oxygen atoms in total. The summed E-state index contributed by atoms with van der Waals surface area (Å²) in [6.45, 7) is 2.12. The van der Waals surface area contributed by atoms with E-state index in [9.17, 15) is 9.59 Å². The molecule has 31 heavy (non-hydrogen) atoms. The molecular formula is C26H26N2O2S. The topological polar surface area (TPSA) is 49.4 Å². The largest absolute Gasteiger partial charge is 0.326 e. The van der Waals surface area contributed by atoms with Gasteiger partial charge in [0.05, 0.1) is 5.75 Å². The molecule has 1 heterocycles.